The number of benzene rings is 2. The van der Waals surface area contributed by atoms with Crippen molar-refractivity contribution in [3.63, 3.8) is 0 Å². The molecule has 1 heterocycles. The summed E-state index contributed by atoms with van der Waals surface area (Å²) in [6.07, 6.45) is 5.96. The van der Waals surface area contributed by atoms with Gasteiger partial charge >= 0.3 is 0 Å². The molecule has 33 heavy (non-hydrogen) atoms. The van der Waals surface area contributed by atoms with Crippen molar-refractivity contribution in [3.05, 3.63) is 65.9 Å². The normalized spacial score (nSPS) is 15.9. The fraction of sp³-hybridized carbons (Fsp3) is 0.414. The first-order valence-corrected chi connectivity index (χ1v) is 12.2. The molecule has 1 aliphatic carbocycles. The standard InChI is InChI=1S/C29H36N2O2/c1-4-5-13-31(14-15-32)20-25-18-24-17-22(9-10-27(24)30-25)21-7-6-8-23(16-21)26-19-29(2,3)12-11-28(26)33/h6-10,16-19,30,32H,4-5,11-15,20H2,1-3H3. The number of H-pyrrole nitrogens is 1. The first kappa shape index (κ1) is 23.5. The molecule has 0 atom stereocenters. The molecule has 0 saturated heterocycles. The molecule has 4 heteroatoms. The Kier molecular flexibility index (Phi) is 7.16. The number of nitrogens with zero attached hydrogens (tertiary/aromatic N) is 1. The number of hydrogen-bond acceptors (Lipinski definition) is 3. The third kappa shape index (κ3) is 5.63. The maximum Gasteiger partial charge on any atom is 0.163 e. The van der Waals surface area contributed by atoms with E-state index >= 15 is 0 Å². The molecule has 4 rings (SSSR count). The molecule has 2 N–H and O–H groups in total. The average molecular weight is 445 g/mol. The zero-order chi connectivity index (χ0) is 23.4. The number of hydrogen-bond donors (Lipinski definition) is 2. The number of nitrogens with one attached hydrogen (secondary N) is 1. The smallest absolute Gasteiger partial charge is 0.163 e. The molecule has 0 bridgehead atoms. The van der Waals surface area contributed by atoms with Gasteiger partial charge in [0.15, 0.2) is 5.78 Å². The first-order valence-electron chi connectivity index (χ1n) is 12.2. The van der Waals surface area contributed by atoms with Crippen molar-refractivity contribution in [2.45, 2.75) is 53.0 Å². The van der Waals surface area contributed by atoms with E-state index in [0.717, 1.165) is 60.1 Å². The molecule has 4 nitrogen and oxygen atoms in total. The number of fused-ring (bicyclic) bond motifs is 1. The average Bonchev–Trinajstić information content (AvgIpc) is 3.21. The molecule has 0 fully saturated rings. The van der Waals surface area contributed by atoms with Crippen molar-refractivity contribution < 1.29 is 9.90 Å². The lowest BCUT2D eigenvalue weighted by molar-refractivity contribution is -0.114. The lowest BCUT2D eigenvalue weighted by atomic mass is 9.77. The van der Waals surface area contributed by atoms with Crippen LogP contribution in [0.4, 0.5) is 0 Å². The van der Waals surface area contributed by atoms with Crippen molar-refractivity contribution in [1.82, 2.24) is 9.88 Å². The first-order chi connectivity index (χ1) is 15.9. The van der Waals surface area contributed by atoms with E-state index in [1.54, 1.807) is 0 Å². The number of unbranched alkanes of at least 4 members (excludes halogenated alkanes) is 1. The molecule has 0 radical (unpaired) electrons. The molecule has 0 amide bonds. The van der Waals surface area contributed by atoms with Gasteiger partial charge in [0.25, 0.3) is 0 Å². The maximum absolute atomic E-state index is 12.6. The van der Waals surface area contributed by atoms with Crippen LogP contribution in [-0.2, 0) is 11.3 Å². The Labute approximate surface area is 197 Å². The number of ketones is 1. The van der Waals surface area contributed by atoms with Crippen LogP contribution in [0.25, 0.3) is 27.6 Å². The molecule has 0 spiro atoms. The summed E-state index contributed by atoms with van der Waals surface area (Å²) in [5, 5.41) is 10.6. The van der Waals surface area contributed by atoms with Crippen LogP contribution >= 0.6 is 0 Å². The van der Waals surface area contributed by atoms with Gasteiger partial charge in [-0.05, 0) is 65.8 Å². The van der Waals surface area contributed by atoms with Crippen LogP contribution in [0.1, 0.15) is 57.7 Å². The highest BCUT2D eigenvalue weighted by Gasteiger charge is 2.26. The monoisotopic (exact) mass is 444 g/mol. The second-order valence-corrected chi connectivity index (χ2v) is 10.0. The Hall–Kier alpha value is -2.69. The van der Waals surface area contributed by atoms with E-state index in [1.807, 2.05) is 12.1 Å². The van der Waals surface area contributed by atoms with E-state index in [-0.39, 0.29) is 17.8 Å². The molecular weight excluding hydrogens is 408 g/mol. The van der Waals surface area contributed by atoms with Crippen LogP contribution < -0.4 is 0 Å². The van der Waals surface area contributed by atoms with Gasteiger partial charge in [-0.25, -0.2) is 0 Å². The van der Waals surface area contributed by atoms with Gasteiger partial charge in [-0.2, -0.15) is 0 Å². The fourth-order valence-corrected chi connectivity index (χ4v) is 4.72. The highest BCUT2D eigenvalue weighted by molar-refractivity contribution is 6.21. The van der Waals surface area contributed by atoms with E-state index in [4.69, 9.17) is 0 Å². The summed E-state index contributed by atoms with van der Waals surface area (Å²) < 4.78 is 0. The minimum Gasteiger partial charge on any atom is -0.395 e. The van der Waals surface area contributed by atoms with E-state index in [2.05, 4.69) is 73.1 Å². The van der Waals surface area contributed by atoms with Crippen LogP contribution in [0.3, 0.4) is 0 Å². The predicted molar refractivity (Wildman–Crippen MR) is 137 cm³/mol. The molecule has 1 aliphatic rings. The molecule has 3 aromatic rings. The molecular formula is C29H36N2O2. The van der Waals surface area contributed by atoms with Crippen LogP contribution in [-0.4, -0.2) is 40.5 Å². The Bertz CT molecular complexity index is 1160. The number of Topliss-reactive ketones (excluding diaryl/α,β-unsaturated/α-hetero) is 1. The number of aliphatic hydroxyl groups is 1. The molecule has 0 aliphatic heterocycles. The minimum absolute atomic E-state index is 0.0563. The minimum atomic E-state index is 0.0563. The van der Waals surface area contributed by atoms with Gasteiger partial charge < -0.3 is 10.1 Å². The van der Waals surface area contributed by atoms with Gasteiger partial charge in [0.1, 0.15) is 0 Å². The summed E-state index contributed by atoms with van der Waals surface area (Å²) in [6, 6.07) is 17.1. The Morgan fingerprint density at radius 3 is 2.61 bits per heavy atom. The third-order valence-corrected chi connectivity index (χ3v) is 6.65. The summed E-state index contributed by atoms with van der Waals surface area (Å²) in [5.74, 6) is 0.243. The van der Waals surface area contributed by atoms with E-state index in [9.17, 15) is 9.90 Å². The number of aromatic nitrogens is 1. The van der Waals surface area contributed by atoms with Crippen molar-refractivity contribution in [3.8, 4) is 11.1 Å². The summed E-state index contributed by atoms with van der Waals surface area (Å²) in [4.78, 5) is 18.5. The number of carbonyl (C=O) groups excluding carboxylic acids is 1. The third-order valence-electron chi connectivity index (χ3n) is 6.65. The van der Waals surface area contributed by atoms with Crippen molar-refractivity contribution in [2.75, 3.05) is 19.7 Å². The predicted octanol–water partition coefficient (Wildman–Crippen LogP) is 6.20. The molecule has 2 aromatic carbocycles. The molecule has 0 saturated carbocycles. The van der Waals surface area contributed by atoms with Gasteiger partial charge in [0, 0.05) is 41.7 Å². The van der Waals surface area contributed by atoms with Crippen LogP contribution in [0.15, 0.2) is 54.6 Å². The van der Waals surface area contributed by atoms with Crippen molar-refractivity contribution in [2.24, 2.45) is 5.41 Å². The number of aromatic amines is 1. The summed E-state index contributed by atoms with van der Waals surface area (Å²) in [5.41, 5.74) is 6.48. The summed E-state index contributed by atoms with van der Waals surface area (Å²) >= 11 is 0. The molecule has 0 unspecified atom stereocenters. The molecule has 1 aromatic heterocycles. The zero-order valence-corrected chi connectivity index (χ0v) is 20.2. The van der Waals surface area contributed by atoms with Gasteiger partial charge in [-0.3, -0.25) is 9.69 Å². The topological polar surface area (TPSA) is 56.3 Å². The van der Waals surface area contributed by atoms with Gasteiger partial charge in [0.05, 0.1) is 6.61 Å². The Balaban J connectivity index is 1.60. The number of carbonyl (C=O) groups is 1. The van der Waals surface area contributed by atoms with Crippen molar-refractivity contribution >= 4 is 22.3 Å². The van der Waals surface area contributed by atoms with Crippen LogP contribution in [0.5, 0.6) is 0 Å². The Morgan fingerprint density at radius 1 is 1.03 bits per heavy atom. The highest BCUT2D eigenvalue weighted by atomic mass is 16.3. The van der Waals surface area contributed by atoms with E-state index < -0.39 is 0 Å². The van der Waals surface area contributed by atoms with E-state index in [1.165, 1.54) is 11.1 Å². The number of aliphatic hydroxyl groups excluding tert-OH is 1. The van der Waals surface area contributed by atoms with Gasteiger partial charge in [-0.15, -0.1) is 0 Å². The summed E-state index contributed by atoms with van der Waals surface area (Å²) in [7, 11) is 0. The van der Waals surface area contributed by atoms with Gasteiger partial charge in [0.2, 0.25) is 0 Å². The second-order valence-electron chi connectivity index (χ2n) is 10.0. The zero-order valence-electron chi connectivity index (χ0n) is 20.2. The second kappa shape index (κ2) is 10.1. The Morgan fingerprint density at radius 2 is 1.82 bits per heavy atom. The SMILES string of the molecule is CCCCN(CCO)Cc1cc2cc(-c3cccc(C4=CC(C)(C)CCC4=O)c3)ccc2[nH]1. The number of allylic oxidation sites excluding steroid dienone is 2. The molecule has 174 valence electrons. The highest BCUT2D eigenvalue weighted by Crippen LogP contribution is 2.36. The lowest BCUT2D eigenvalue weighted by Crippen LogP contribution is -2.27. The van der Waals surface area contributed by atoms with E-state index in [0.29, 0.717) is 13.0 Å². The van der Waals surface area contributed by atoms with Gasteiger partial charge in [-0.1, -0.05) is 57.5 Å². The summed E-state index contributed by atoms with van der Waals surface area (Å²) in [6.45, 7) is 9.27. The fourth-order valence-electron chi connectivity index (χ4n) is 4.72. The van der Waals surface area contributed by atoms with Crippen LogP contribution in [0.2, 0.25) is 0 Å². The lowest BCUT2D eigenvalue weighted by Gasteiger charge is -2.26. The van der Waals surface area contributed by atoms with Crippen LogP contribution in [0, 0.1) is 5.41 Å². The number of rotatable bonds is 9. The quantitative estimate of drug-likeness (QED) is 0.413. The largest absolute Gasteiger partial charge is 0.395 e. The van der Waals surface area contributed by atoms with Crippen molar-refractivity contribution in [1.29, 1.82) is 0 Å². The maximum atomic E-state index is 12.6.